The van der Waals surface area contributed by atoms with Gasteiger partial charge in [0.25, 0.3) is 0 Å². The average Bonchev–Trinajstić information content (AvgIpc) is 2.84. The minimum absolute atomic E-state index is 0.651. The van der Waals surface area contributed by atoms with Crippen molar-refractivity contribution in [3.63, 3.8) is 0 Å². The van der Waals surface area contributed by atoms with Crippen molar-refractivity contribution in [2.24, 2.45) is 0 Å². The molecule has 4 rings (SSSR count). The molecule has 0 radical (unpaired) electrons. The summed E-state index contributed by atoms with van der Waals surface area (Å²) in [6, 6.07) is 17.3. The van der Waals surface area contributed by atoms with E-state index in [0.29, 0.717) is 12.5 Å². The molecule has 32 heavy (non-hydrogen) atoms. The van der Waals surface area contributed by atoms with Crippen molar-refractivity contribution in [2.75, 3.05) is 45.2 Å². The second-order valence-corrected chi connectivity index (χ2v) is 8.26. The Morgan fingerprint density at radius 3 is 2.38 bits per heavy atom. The maximum atomic E-state index is 5.42. The second kappa shape index (κ2) is 11.7. The Morgan fingerprint density at radius 1 is 0.875 bits per heavy atom. The molecule has 1 aliphatic rings. The monoisotopic (exact) mass is 431 g/mol. The number of hydrogen-bond acceptors (Lipinski definition) is 6. The third-order valence-corrected chi connectivity index (χ3v) is 5.78. The van der Waals surface area contributed by atoms with Gasteiger partial charge in [0.15, 0.2) is 0 Å². The molecule has 2 aromatic carbocycles. The van der Waals surface area contributed by atoms with Gasteiger partial charge in [0.1, 0.15) is 0 Å². The number of benzene rings is 2. The van der Waals surface area contributed by atoms with Crippen LogP contribution in [0.15, 0.2) is 60.9 Å². The Balaban J connectivity index is 1.28. The number of anilines is 1. The van der Waals surface area contributed by atoms with E-state index in [9.17, 15) is 0 Å². The first-order chi connectivity index (χ1) is 15.8. The van der Waals surface area contributed by atoms with Crippen molar-refractivity contribution in [2.45, 2.75) is 25.9 Å². The number of aryl methyl sites for hydroxylation is 1. The van der Waals surface area contributed by atoms with E-state index in [4.69, 9.17) is 4.74 Å². The summed E-state index contributed by atoms with van der Waals surface area (Å²) in [5.74, 6) is 0.651. The van der Waals surface area contributed by atoms with Gasteiger partial charge in [0.2, 0.25) is 5.95 Å². The summed E-state index contributed by atoms with van der Waals surface area (Å²) in [5, 5.41) is 6.54. The first-order valence-electron chi connectivity index (χ1n) is 11.5. The van der Waals surface area contributed by atoms with Crippen molar-refractivity contribution in [1.29, 1.82) is 0 Å². The van der Waals surface area contributed by atoms with Crippen molar-refractivity contribution < 1.29 is 4.74 Å². The fourth-order valence-corrected chi connectivity index (χ4v) is 4.04. The molecular formula is C26H33N5O. The van der Waals surface area contributed by atoms with Crippen LogP contribution in [0.5, 0.6) is 0 Å². The van der Waals surface area contributed by atoms with E-state index in [0.717, 1.165) is 56.9 Å². The topological polar surface area (TPSA) is 62.3 Å². The fourth-order valence-electron chi connectivity index (χ4n) is 4.04. The van der Waals surface area contributed by atoms with E-state index in [1.165, 1.54) is 23.1 Å². The highest BCUT2D eigenvalue weighted by Gasteiger charge is 2.09. The standard InChI is InChI=1S/C26H33N5O/c1-27-17-23-7-3-9-24(16-23)25-19-29-26(30-20-25)28-18-22-6-2-5-21(15-22)8-4-10-31-11-13-32-14-12-31/h2-3,5-7,9,15-16,19-20,27H,4,8,10-14,17-18H2,1H3,(H,28,29,30). The summed E-state index contributed by atoms with van der Waals surface area (Å²) in [6.07, 6.45) is 6.05. The first-order valence-corrected chi connectivity index (χ1v) is 11.5. The highest BCUT2D eigenvalue weighted by molar-refractivity contribution is 5.62. The average molecular weight is 432 g/mol. The van der Waals surface area contributed by atoms with E-state index in [2.05, 4.69) is 74.0 Å². The molecule has 1 aliphatic heterocycles. The molecule has 0 spiro atoms. The lowest BCUT2D eigenvalue weighted by Crippen LogP contribution is -2.36. The highest BCUT2D eigenvalue weighted by Crippen LogP contribution is 2.20. The van der Waals surface area contributed by atoms with Crippen LogP contribution in [0.2, 0.25) is 0 Å². The Bertz CT molecular complexity index is 970. The molecule has 1 fully saturated rings. The number of rotatable bonds is 10. The smallest absolute Gasteiger partial charge is 0.222 e. The predicted octanol–water partition coefficient (Wildman–Crippen LogP) is 3.74. The van der Waals surface area contributed by atoms with Gasteiger partial charge in [-0.05, 0) is 54.8 Å². The number of ether oxygens (including phenoxy) is 1. The van der Waals surface area contributed by atoms with Crippen LogP contribution >= 0.6 is 0 Å². The van der Waals surface area contributed by atoms with E-state index in [1.54, 1.807) is 0 Å². The lowest BCUT2D eigenvalue weighted by Gasteiger charge is -2.26. The van der Waals surface area contributed by atoms with Crippen molar-refractivity contribution in [1.82, 2.24) is 20.2 Å². The molecule has 0 atom stereocenters. The van der Waals surface area contributed by atoms with Crippen molar-refractivity contribution in [3.8, 4) is 11.1 Å². The van der Waals surface area contributed by atoms with Crippen LogP contribution < -0.4 is 10.6 Å². The van der Waals surface area contributed by atoms with Gasteiger partial charge in [-0.1, -0.05) is 42.5 Å². The lowest BCUT2D eigenvalue weighted by molar-refractivity contribution is 0.0375. The lowest BCUT2D eigenvalue weighted by atomic mass is 10.1. The molecular weight excluding hydrogens is 398 g/mol. The van der Waals surface area contributed by atoms with Gasteiger partial charge in [-0.3, -0.25) is 4.90 Å². The molecule has 1 saturated heterocycles. The first kappa shape index (κ1) is 22.4. The summed E-state index contributed by atoms with van der Waals surface area (Å²) in [5.41, 5.74) is 6.04. The summed E-state index contributed by atoms with van der Waals surface area (Å²) >= 11 is 0. The quantitative estimate of drug-likeness (QED) is 0.510. The van der Waals surface area contributed by atoms with Gasteiger partial charge in [-0.2, -0.15) is 0 Å². The molecule has 3 aromatic rings. The molecule has 6 heteroatoms. The minimum atomic E-state index is 0.651. The third kappa shape index (κ3) is 6.60. The fraction of sp³-hybridized carbons (Fsp3) is 0.385. The van der Waals surface area contributed by atoms with Crippen LogP contribution in [0.4, 0.5) is 5.95 Å². The van der Waals surface area contributed by atoms with Gasteiger partial charge in [0.05, 0.1) is 13.2 Å². The highest BCUT2D eigenvalue weighted by atomic mass is 16.5. The molecule has 0 unspecified atom stereocenters. The van der Waals surface area contributed by atoms with Gasteiger partial charge < -0.3 is 15.4 Å². The molecule has 1 aromatic heterocycles. The Kier molecular flexibility index (Phi) is 8.20. The van der Waals surface area contributed by atoms with E-state index >= 15 is 0 Å². The Labute approximate surface area is 191 Å². The molecule has 2 heterocycles. The molecule has 0 saturated carbocycles. The van der Waals surface area contributed by atoms with Crippen molar-refractivity contribution >= 4 is 5.95 Å². The van der Waals surface area contributed by atoms with Crippen LogP contribution in [-0.2, 0) is 24.2 Å². The number of nitrogens with one attached hydrogen (secondary N) is 2. The number of morpholine rings is 1. The Hall–Kier alpha value is -2.80. The zero-order valence-electron chi connectivity index (χ0n) is 18.9. The minimum Gasteiger partial charge on any atom is -0.379 e. The third-order valence-electron chi connectivity index (χ3n) is 5.78. The van der Waals surface area contributed by atoms with Crippen LogP contribution in [0.25, 0.3) is 11.1 Å². The van der Waals surface area contributed by atoms with Gasteiger partial charge in [-0.15, -0.1) is 0 Å². The molecule has 0 amide bonds. The maximum Gasteiger partial charge on any atom is 0.222 e. The summed E-state index contributed by atoms with van der Waals surface area (Å²) in [6.45, 7) is 6.56. The zero-order chi connectivity index (χ0) is 22.0. The van der Waals surface area contributed by atoms with Crippen LogP contribution in [0.1, 0.15) is 23.1 Å². The predicted molar refractivity (Wildman–Crippen MR) is 130 cm³/mol. The molecule has 168 valence electrons. The summed E-state index contributed by atoms with van der Waals surface area (Å²) in [4.78, 5) is 11.5. The van der Waals surface area contributed by atoms with Gasteiger partial charge in [-0.25, -0.2) is 9.97 Å². The number of hydrogen-bond donors (Lipinski definition) is 2. The van der Waals surface area contributed by atoms with Crippen LogP contribution in [0, 0.1) is 0 Å². The number of aromatic nitrogens is 2. The largest absolute Gasteiger partial charge is 0.379 e. The molecule has 0 aliphatic carbocycles. The van der Waals surface area contributed by atoms with Gasteiger partial charge >= 0.3 is 0 Å². The van der Waals surface area contributed by atoms with Gasteiger partial charge in [0, 0.05) is 44.1 Å². The van der Waals surface area contributed by atoms with Crippen LogP contribution in [-0.4, -0.2) is 54.8 Å². The molecule has 6 nitrogen and oxygen atoms in total. The van der Waals surface area contributed by atoms with E-state index in [-0.39, 0.29) is 0 Å². The maximum absolute atomic E-state index is 5.42. The van der Waals surface area contributed by atoms with Crippen molar-refractivity contribution in [3.05, 3.63) is 77.6 Å². The second-order valence-electron chi connectivity index (χ2n) is 8.26. The summed E-state index contributed by atoms with van der Waals surface area (Å²) < 4.78 is 5.42. The molecule has 2 N–H and O–H groups in total. The van der Waals surface area contributed by atoms with Crippen LogP contribution in [0.3, 0.4) is 0 Å². The SMILES string of the molecule is CNCc1cccc(-c2cnc(NCc3cccc(CCCN4CCOCC4)c3)nc2)c1. The zero-order valence-corrected chi connectivity index (χ0v) is 18.9. The number of nitrogens with zero attached hydrogens (tertiary/aromatic N) is 3. The van der Waals surface area contributed by atoms with E-state index < -0.39 is 0 Å². The van der Waals surface area contributed by atoms with E-state index in [1.807, 2.05) is 19.4 Å². The molecule has 0 bridgehead atoms. The normalized spacial score (nSPS) is 14.4. The Morgan fingerprint density at radius 2 is 1.59 bits per heavy atom. The summed E-state index contributed by atoms with van der Waals surface area (Å²) in [7, 11) is 1.96.